The summed E-state index contributed by atoms with van der Waals surface area (Å²) in [5.41, 5.74) is 7.34. The molecule has 92 valence electrons. The molecule has 17 heavy (non-hydrogen) atoms. The minimum Gasteiger partial charge on any atom is -0.103 e. The van der Waals surface area contributed by atoms with Crippen molar-refractivity contribution in [2.24, 2.45) is 0 Å². The van der Waals surface area contributed by atoms with E-state index >= 15 is 0 Å². The third-order valence-electron chi connectivity index (χ3n) is 3.49. The smallest absolute Gasteiger partial charge is 0.0239 e. The Bertz CT molecular complexity index is 374. The maximum atomic E-state index is 3.81. The van der Waals surface area contributed by atoms with Crippen molar-refractivity contribution >= 4 is 0 Å². The molecule has 0 heteroatoms. The fraction of sp³-hybridized carbons (Fsp3) is 0.412. The molecular weight excluding hydrogens is 204 g/mol. The Kier molecular flexibility index (Phi) is 5.21. The molecule has 0 nitrogen and oxygen atoms in total. The van der Waals surface area contributed by atoms with Gasteiger partial charge in [0.25, 0.3) is 0 Å². The van der Waals surface area contributed by atoms with Gasteiger partial charge in [0.15, 0.2) is 0 Å². The molecule has 0 aliphatic heterocycles. The topological polar surface area (TPSA) is 0 Å². The lowest BCUT2D eigenvalue weighted by atomic mass is 9.89. The standard InChI is InChI=1S/C17H24/c1-6-8-10-16-13(3)12-14(4)17(15(16)5)11-9-7-2/h6-7,12H,1-2,8-11H2,3-5H3. The van der Waals surface area contributed by atoms with Crippen molar-refractivity contribution in [2.75, 3.05) is 0 Å². The molecule has 1 aromatic rings. The first-order chi connectivity index (χ1) is 8.11. The van der Waals surface area contributed by atoms with Crippen LogP contribution in [-0.4, -0.2) is 0 Å². The highest BCUT2D eigenvalue weighted by Gasteiger charge is 2.09. The van der Waals surface area contributed by atoms with Crippen LogP contribution in [0, 0.1) is 20.8 Å². The first-order valence-electron chi connectivity index (χ1n) is 6.42. The molecule has 0 heterocycles. The summed E-state index contributed by atoms with van der Waals surface area (Å²) in [6.45, 7) is 14.3. The van der Waals surface area contributed by atoms with Crippen molar-refractivity contribution in [3.63, 3.8) is 0 Å². The largest absolute Gasteiger partial charge is 0.103 e. The minimum atomic E-state index is 1.06. The van der Waals surface area contributed by atoms with Crippen LogP contribution in [0.15, 0.2) is 31.4 Å². The molecule has 0 aliphatic rings. The van der Waals surface area contributed by atoms with E-state index in [1.807, 2.05) is 12.2 Å². The third kappa shape index (κ3) is 3.33. The van der Waals surface area contributed by atoms with Gasteiger partial charge in [-0.3, -0.25) is 0 Å². The summed E-state index contributed by atoms with van der Waals surface area (Å²) in [5.74, 6) is 0. The fourth-order valence-electron chi connectivity index (χ4n) is 2.53. The van der Waals surface area contributed by atoms with E-state index in [4.69, 9.17) is 0 Å². The van der Waals surface area contributed by atoms with E-state index in [1.165, 1.54) is 27.8 Å². The number of allylic oxidation sites excluding steroid dienone is 2. The first-order valence-corrected chi connectivity index (χ1v) is 6.42. The Morgan fingerprint density at radius 2 is 1.29 bits per heavy atom. The van der Waals surface area contributed by atoms with Gasteiger partial charge in [0.1, 0.15) is 0 Å². The van der Waals surface area contributed by atoms with Crippen LogP contribution in [-0.2, 0) is 12.8 Å². The van der Waals surface area contributed by atoms with Crippen LogP contribution >= 0.6 is 0 Å². The highest BCUT2D eigenvalue weighted by molar-refractivity contribution is 5.45. The maximum absolute atomic E-state index is 3.81. The summed E-state index contributed by atoms with van der Waals surface area (Å²) in [5, 5.41) is 0. The average Bonchev–Trinajstić information content (AvgIpc) is 2.28. The molecule has 1 aromatic carbocycles. The van der Waals surface area contributed by atoms with Crippen LogP contribution in [0.4, 0.5) is 0 Å². The Hall–Kier alpha value is -1.30. The van der Waals surface area contributed by atoms with Crippen molar-refractivity contribution in [3.8, 4) is 0 Å². The lowest BCUT2D eigenvalue weighted by molar-refractivity contribution is 0.924. The van der Waals surface area contributed by atoms with E-state index in [0.29, 0.717) is 0 Å². The van der Waals surface area contributed by atoms with Gasteiger partial charge in [0, 0.05) is 0 Å². The van der Waals surface area contributed by atoms with Gasteiger partial charge in [-0.1, -0.05) is 18.2 Å². The maximum Gasteiger partial charge on any atom is -0.0239 e. The summed E-state index contributed by atoms with van der Waals surface area (Å²) in [6.07, 6.45) is 8.35. The summed E-state index contributed by atoms with van der Waals surface area (Å²) < 4.78 is 0. The lowest BCUT2D eigenvalue weighted by Crippen LogP contribution is -2.02. The molecule has 0 saturated carbocycles. The molecule has 0 atom stereocenters. The molecule has 1 rings (SSSR count). The normalized spacial score (nSPS) is 10.3. The molecule has 0 aromatic heterocycles. The van der Waals surface area contributed by atoms with E-state index in [1.54, 1.807) is 0 Å². The Balaban J connectivity index is 3.12. The van der Waals surface area contributed by atoms with Crippen molar-refractivity contribution in [3.05, 3.63) is 59.2 Å². The Morgan fingerprint density at radius 3 is 1.65 bits per heavy atom. The number of aryl methyl sites for hydroxylation is 2. The van der Waals surface area contributed by atoms with Crippen LogP contribution < -0.4 is 0 Å². The summed E-state index contributed by atoms with van der Waals surface area (Å²) in [7, 11) is 0. The van der Waals surface area contributed by atoms with Gasteiger partial charge in [-0.05, 0) is 74.3 Å². The molecule has 0 aliphatic carbocycles. The quantitative estimate of drug-likeness (QED) is 0.611. The van der Waals surface area contributed by atoms with Crippen molar-refractivity contribution in [1.29, 1.82) is 0 Å². The predicted octanol–water partition coefficient (Wildman–Crippen LogP) is 4.85. The molecule has 0 saturated heterocycles. The van der Waals surface area contributed by atoms with Gasteiger partial charge in [-0.25, -0.2) is 0 Å². The first kappa shape index (κ1) is 13.8. The van der Waals surface area contributed by atoms with Crippen LogP contribution in [0.3, 0.4) is 0 Å². The van der Waals surface area contributed by atoms with Gasteiger partial charge in [-0.2, -0.15) is 0 Å². The summed E-state index contributed by atoms with van der Waals surface area (Å²) in [4.78, 5) is 0. The van der Waals surface area contributed by atoms with E-state index in [2.05, 4.69) is 40.0 Å². The number of hydrogen-bond donors (Lipinski definition) is 0. The van der Waals surface area contributed by atoms with Crippen molar-refractivity contribution in [1.82, 2.24) is 0 Å². The zero-order valence-electron chi connectivity index (χ0n) is 11.5. The number of benzene rings is 1. The Morgan fingerprint density at radius 1 is 0.882 bits per heavy atom. The number of rotatable bonds is 6. The van der Waals surface area contributed by atoms with Crippen LogP contribution in [0.25, 0.3) is 0 Å². The fourth-order valence-corrected chi connectivity index (χ4v) is 2.53. The summed E-state index contributed by atoms with van der Waals surface area (Å²) >= 11 is 0. The van der Waals surface area contributed by atoms with Crippen LogP contribution in [0.5, 0.6) is 0 Å². The second-order valence-electron chi connectivity index (χ2n) is 4.75. The van der Waals surface area contributed by atoms with Gasteiger partial charge in [0.05, 0.1) is 0 Å². The van der Waals surface area contributed by atoms with Gasteiger partial charge in [-0.15, -0.1) is 13.2 Å². The van der Waals surface area contributed by atoms with Crippen molar-refractivity contribution < 1.29 is 0 Å². The Labute approximate surface area is 106 Å². The van der Waals surface area contributed by atoms with E-state index in [0.717, 1.165) is 25.7 Å². The van der Waals surface area contributed by atoms with Crippen molar-refractivity contribution in [2.45, 2.75) is 46.5 Å². The lowest BCUT2D eigenvalue weighted by Gasteiger charge is -2.16. The monoisotopic (exact) mass is 228 g/mol. The zero-order chi connectivity index (χ0) is 12.8. The molecule has 0 fully saturated rings. The molecular formula is C17H24. The van der Waals surface area contributed by atoms with Crippen LogP contribution in [0.2, 0.25) is 0 Å². The average molecular weight is 228 g/mol. The minimum absolute atomic E-state index is 1.06. The molecule has 0 radical (unpaired) electrons. The zero-order valence-corrected chi connectivity index (χ0v) is 11.5. The second kappa shape index (κ2) is 6.44. The van der Waals surface area contributed by atoms with Gasteiger partial charge in [0.2, 0.25) is 0 Å². The number of hydrogen-bond acceptors (Lipinski definition) is 0. The molecule has 0 unspecified atom stereocenters. The molecule has 0 bridgehead atoms. The molecule has 0 spiro atoms. The second-order valence-corrected chi connectivity index (χ2v) is 4.75. The van der Waals surface area contributed by atoms with E-state index < -0.39 is 0 Å². The van der Waals surface area contributed by atoms with Gasteiger partial charge < -0.3 is 0 Å². The SMILES string of the molecule is C=CCCc1c(C)cc(C)c(CCC=C)c1C. The summed E-state index contributed by atoms with van der Waals surface area (Å²) in [6, 6.07) is 2.32. The molecule has 0 N–H and O–H groups in total. The highest BCUT2D eigenvalue weighted by Crippen LogP contribution is 2.24. The van der Waals surface area contributed by atoms with Gasteiger partial charge >= 0.3 is 0 Å². The molecule has 0 amide bonds. The third-order valence-corrected chi connectivity index (χ3v) is 3.49. The predicted molar refractivity (Wildman–Crippen MR) is 77.7 cm³/mol. The van der Waals surface area contributed by atoms with Crippen LogP contribution in [0.1, 0.15) is 40.7 Å². The van der Waals surface area contributed by atoms with E-state index in [9.17, 15) is 0 Å². The van der Waals surface area contributed by atoms with E-state index in [-0.39, 0.29) is 0 Å². The highest BCUT2D eigenvalue weighted by atomic mass is 14.1.